The van der Waals surface area contributed by atoms with Crippen LogP contribution in [0, 0.1) is 0 Å². The first kappa shape index (κ1) is 21.3. The second-order valence-electron chi connectivity index (χ2n) is 7.88. The van der Waals surface area contributed by atoms with Crippen LogP contribution < -0.4 is 10.1 Å². The zero-order valence-electron chi connectivity index (χ0n) is 17.8. The van der Waals surface area contributed by atoms with E-state index in [1.807, 2.05) is 60.7 Å². The molecule has 1 fully saturated rings. The normalized spacial score (nSPS) is 14.8. The number of ketones is 1. The third-order valence-corrected chi connectivity index (χ3v) is 5.66. The summed E-state index contributed by atoms with van der Waals surface area (Å²) >= 11 is 0. The van der Waals surface area contributed by atoms with E-state index in [-0.39, 0.29) is 12.3 Å². The molecular formula is C26H24N2O4. The molecule has 0 radical (unpaired) electrons. The highest BCUT2D eigenvalue weighted by Crippen LogP contribution is 2.27. The summed E-state index contributed by atoms with van der Waals surface area (Å²) in [5.74, 6) is -0.0790. The highest BCUT2D eigenvalue weighted by atomic mass is 16.5. The number of hydrogen-bond donors (Lipinski definition) is 1. The molecule has 0 unspecified atom stereocenters. The lowest BCUT2D eigenvalue weighted by molar-refractivity contribution is -0.131. The number of carbonyl (C=O) groups is 3. The molecule has 1 saturated heterocycles. The Labute approximate surface area is 186 Å². The van der Waals surface area contributed by atoms with Gasteiger partial charge < -0.3 is 10.1 Å². The molecule has 3 amide bonds. The fraction of sp³-hybridized carbons (Fsp3) is 0.192. The van der Waals surface area contributed by atoms with Crippen LogP contribution in [0.5, 0.6) is 5.75 Å². The van der Waals surface area contributed by atoms with E-state index < -0.39 is 17.5 Å². The Hall–Kier alpha value is -3.93. The Balaban J connectivity index is 1.60. The van der Waals surface area contributed by atoms with Crippen LogP contribution in [0.25, 0.3) is 0 Å². The van der Waals surface area contributed by atoms with E-state index in [0.717, 1.165) is 16.0 Å². The Kier molecular flexibility index (Phi) is 6.03. The fourth-order valence-corrected chi connectivity index (χ4v) is 4.02. The van der Waals surface area contributed by atoms with E-state index in [4.69, 9.17) is 4.74 Å². The van der Waals surface area contributed by atoms with E-state index in [1.54, 1.807) is 31.4 Å². The van der Waals surface area contributed by atoms with E-state index in [2.05, 4.69) is 5.32 Å². The summed E-state index contributed by atoms with van der Waals surface area (Å²) in [5.41, 5.74) is 1.12. The number of Topliss-reactive ketones (excluding diaryl/α,β-unsaturated/α-hetero) is 1. The van der Waals surface area contributed by atoms with Gasteiger partial charge in [0.15, 0.2) is 5.78 Å². The molecule has 4 rings (SSSR count). The van der Waals surface area contributed by atoms with Gasteiger partial charge in [0.2, 0.25) is 0 Å². The molecule has 32 heavy (non-hydrogen) atoms. The lowest BCUT2D eigenvalue weighted by atomic mass is 9.84. The second-order valence-corrected chi connectivity index (χ2v) is 7.88. The smallest absolute Gasteiger partial charge is 0.325 e. The maximum Gasteiger partial charge on any atom is 0.325 e. The van der Waals surface area contributed by atoms with Gasteiger partial charge in [-0.25, -0.2) is 4.79 Å². The first-order valence-electron chi connectivity index (χ1n) is 10.4. The number of imide groups is 1. The summed E-state index contributed by atoms with van der Waals surface area (Å²) < 4.78 is 5.12. The van der Waals surface area contributed by atoms with Crippen LogP contribution in [0.2, 0.25) is 0 Å². The van der Waals surface area contributed by atoms with Crippen molar-refractivity contribution in [3.05, 3.63) is 102 Å². The summed E-state index contributed by atoms with van der Waals surface area (Å²) in [4.78, 5) is 40.3. The van der Waals surface area contributed by atoms with Crippen LogP contribution in [-0.4, -0.2) is 41.8 Å². The van der Waals surface area contributed by atoms with Crippen molar-refractivity contribution in [3.8, 4) is 5.75 Å². The van der Waals surface area contributed by atoms with Crippen molar-refractivity contribution >= 4 is 17.7 Å². The van der Waals surface area contributed by atoms with E-state index in [9.17, 15) is 14.4 Å². The third kappa shape index (κ3) is 4.39. The largest absolute Gasteiger partial charge is 0.497 e. The van der Waals surface area contributed by atoms with Crippen molar-refractivity contribution in [2.45, 2.75) is 18.4 Å². The highest BCUT2D eigenvalue weighted by Gasteiger charge is 2.51. The van der Waals surface area contributed by atoms with Crippen LogP contribution in [0.15, 0.2) is 84.9 Å². The van der Waals surface area contributed by atoms with Gasteiger partial charge in [0.05, 0.1) is 13.7 Å². The van der Waals surface area contributed by atoms with Crippen LogP contribution in [-0.2, 0) is 17.6 Å². The predicted molar refractivity (Wildman–Crippen MR) is 121 cm³/mol. The molecule has 162 valence electrons. The molecule has 1 aliphatic rings. The zero-order valence-corrected chi connectivity index (χ0v) is 17.8. The minimum Gasteiger partial charge on any atom is -0.497 e. The molecule has 3 aromatic carbocycles. The Bertz CT molecular complexity index is 1070. The highest BCUT2D eigenvalue weighted by molar-refractivity contribution is 6.11. The van der Waals surface area contributed by atoms with Crippen molar-refractivity contribution in [2.75, 3.05) is 13.7 Å². The molecule has 3 aromatic rings. The molecule has 0 atom stereocenters. The van der Waals surface area contributed by atoms with E-state index in [1.165, 1.54) is 0 Å². The van der Waals surface area contributed by atoms with Crippen molar-refractivity contribution in [1.29, 1.82) is 0 Å². The van der Waals surface area contributed by atoms with Gasteiger partial charge >= 0.3 is 6.03 Å². The first-order chi connectivity index (χ1) is 15.5. The van der Waals surface area contributed by atoms with Crippen molar-refractivity contribution in [1.82, 2.24) is 10.2 Å². The number of methoxy groups -OCH3 is 1. The third-order valence-electron chi connectivity index (χ3n) is 5.66. The van der Waals surface area contributed by atoms with Gasteiger partial charge in [-0.3, -0.25) is 14.5 Å². The second kappa shape index (κ2) is 9.06. The Morgan fingerprint density at radius 3 is 1.88 bits per heavy atom. The number of nitrogens with one attached hydrogen (secondary N) is 1. The topological polar surface area (TPSA) is 75.7 Å². The van der Waals surface area contributed by atoms with E-state index >= 15 is 0 Å². The van der Waals surface area contributed by atoms with Gasteiger partial charge in [-0.15, -0.1) is 0 Å². The minimum absolute atomic E-state index is 0.314. The van der Waals surface area contributed by atoms with Gasteiger partial charge in [-0.2, -0.15) is 0 Å². The molecule has 1 heterocycles. The number of carbonyl (C=O) groups excluding carboxylic acids is 3. The van der Waals surface area contributed by atoms with Gasteiger partial charge in [0, 0.05) is 18.4 Å². The van der Waals surface area contributed by atoms with Crippen LogP contribution in [0.1, 0.15) is 21.5 Å². The molecule has 6 heteroatoms. The number of rotatable bonds is 8. The van der Waals surface area contributed by atoms with Crippen LogP contribution >= 0.6 is 0 Å². The minimum atomic E-state index is -1.15. The van der Waals surface area contributed by atoms with Gasteiger partial charge in [-0.1, -0.05) is 60.7 Å². The van der Waals surface area contributed by atoms with Gasteiger partial charge in [0.1, 0.15) is 11.3 Å². The molecule has 0 spiro atoms. The average Bonchev–Trinajstić information content (AvgIpc) is 3.04. The fourth-order valence-electron chi connectivity index (χ4n) is 4.02. The summed E-state index contributed by atoms with van der Waals surface area (Å²) in [6.45, 7) is -0.317. The van der Waals surface area contributed by atoms with Gasteiger partial charge in [-0.05, 0) is 35.4 Å². The summed E-state index contributed by atoms with van der Waals surface area (Å²) in [5, 5.41) is 2.90. The number of benzene rings is 3. The predicted octanol–water partition coefficient (Wildman–Crippen LogP) is 3.65. The van der Waals surface area contributed by atoms with Crippen molar-refractivity contribution < 1.29 is 19.1 Å². The average molecular weight is 428 g/mol. The quantitative estimate of drug-likeness (QED) is 0.439. The van der Waals surface area contributed by atoms with Crippen molar-refractivity contribution in [3.63, 3.8) is 0 Å². The van der Waals surface area contributed by atoms with Crippen LogP contribution in [0.4, 0.5) is 4.79 Å². The Morgan fingerprint density at radius 2 is 1.38 bits per heavy atom. The molecular weight excluding hydrogens is 404 g/mol. The summed E-state index contributed by atoms with van der Waals surface area (Å²) in [7, 11) is 1.54. The van der Waals surface area contributed by atoms with Crippen molar-refractivity contribution in [2.24, 2.45) is 0 Å². The Morgan fingerprint density at radius 1 is 0.844 bits per heavy atom. The number of amides is 3. The summed E-state index contributed by atoms with van der Waals surface area (Å²) in [6.07, 6.45) is 0.668. The lowest BCUT2D eigenvalue weighted by Gasteiger charge is -2.27. The zero-order chi connectivity index (χ0) is 22.6. The number of urea groups is 1. The molecule has 1 aliphatic heterocycles. The molecule has 0 saturated carbocycles. The number of ether oxygens (including phenoxy) is 1. The van der Waals surface area contributed by atoms with Crippen LogP contribution in [0.3, 0.4) is 0 Å². The molecule has 0 aliphatic carbocycles. The van der Waals surface area contributed by atoms with E-state index in [0.29, 0.717) is 24.2 Å². The SMILES string of the molecule is COc1ccc(C(=O)CN2C(=O)NC(Cc3ccccc3)(Cc3ccccc3)C2=O)cc1. The summed E-state index contributed by atoms with van der Waals surface area (Å²) in [6, 6.07) is 25.2. The maximum atomic E-state index is 13.6. The molecule has 1 N–H and O–H groups in total. The van der Waals surface area contributed by atoms with Gasteiger partial charge in [0.25, 0.3) is 5.91 Å². The molecule has 0 bridgehead atoms. The standard InChI is InChI=1S/C26H24N2O4/c1-32-22-14-12-21(13-15-22)23(29)18-28-24(30)26(27-25(28)31,16-19-8-4-2-5-9-19)17-20-10-6-3-7-11-20/h2-15H,16-18H2,1H3,(H,27,31). The lowest BCUT2D eigenvalue weighted by Crippen LogP contribution is -2.51. The maximum absolute atomic E-state index is 13.6. The molecule has 0 aromatic heterocycles. The number of nitrogens with zero attached hydrogens (tertiary/aromatic N) is 1. The monoisotopic (exact) mass is 428 g/mol. The first-order valence-corrected chi connectivity index (χ1v) is 10.4. The number of hydrogen-bond acceptors (Lipinski definition) is 4. The molecule has 6 nitrogen and oxygen atoms in total.